The lowest BCUT2D eigenvalue weighted by Gasteiger charge is -2.12. The van der Waals surface area contributed by atoms with Crippen molar-refractivity contribution >= 4 is 11.8 Å². The van der Waals surface area contributed by atoms with Crippen LogP contribution in [0.25, 0.3) is 0 Å². The number of hydrogen-bond acceptors (Lipinski definition) is 2. The Kier molecular flexibility index (Phi) is 3.91. The number of thioether (sulfide) groups is 1. The van der Waals surface area contributed by atoms with Gasteiger partial charge in [-0.2, -0.15) is 13.2 Å². The summed E-state index contributed by atoms with van der Waals surface area (Å²) in [5.41, 5.74) is -4.08. The smallest absolute Gasteiger partial charge is 0.313 e. The lowest BCUT2D eigenvalue weighted by Crippen LogP contribution is -2.30. The molecule has 1 rings (SSSR count). The summed E-state index contributed by atoms with van der Waals surface area (Å²) in [6.07, 6.45) is 2.45. The van der Waals surface area contributed by atoms with Crippen molar-refractivity contribution in [3.8, 4) is 0 Å². The van der Waals surface area contributed by atoms with Crippen molar-refractivity contribution in [2.75, 3.05) is 12.3 Å². The van der Waals surface area contributed by atoms with Gasteiger partial charge in [0.2, 0.25) is 0 Å². The van der Waals surface area contributed by atoms with Crippen LogP contribution in [0.1, 0.15) is 19.8 Å². The van der Waals surface area contributed by atoms with Gasteiger partial charge in [-0.3, -0.25) is 0 Å². The van der Waals surface area contributed by atoms with Gasteiger partial charge in [0.05, 0.1) is 0 Å². The van der Waals surface area contributed by atoms with Crippen molar-refractivity contribution in [2.45, 2.75) is 31.3 Å². The van der Waals surface area contributed by atoms with Crippen LogP contribution in [0.4, 0.5) is 13.2 Å². The summed E-state index contributed by atoms with van der Waals surface area (Å²) in [5.74, 6) is 0.816. The molecular formula is C8H14F3NS. The SMILES string of the molecule is CC(NCCSC(F)(F)F)C1CC1. The first-order valence-electron chi connectivity index (χ1n) is 4.43. The van der Waals surface area contributed by atoms with E-state index in [0.29, 0.717) is 18.5 Å². The van der Waals surface area contributed by atoms with E-state index in [1.54, 1.807) is 0 Å². The van der Waals surface area contributed by atoms with Gasteiger partial charge >= 0.3 is 5.51 Å². The quantitative estimate of drug-likeness (QED) is 0.704. The van der Waals surface area contributed by atoms with Gasteiger partial charge in [-0.1, -0.05) is 0 Å². The molecule has 0 radical (unpaired) electrons. The summed E-state index contributed by atoms with van der Waals surface area (Å²) in [7, 11) is 0. The summed E-state index contributed by atoms with van der Waals surface area (Å²) >= 11 is 0.0452. The molecule has 0 amide bonds. The van der Waals surface area contributed by atoms with Crippen LogP contribution in [0, 0.1) is 5.92 Å². The van der Waals surface area contributed by atoms with Crippen LogP contribution in [0.3, 0.4) is 0 Å². The fourth-order valence-electron chi connectivity index (χ4n) is 1.22. The van der Waals surface area contributed by atoms with Crippen LogP contribution in [0.5, 0.6) is 0 Å². The van der Waals surface area contributed by atoms with E-state index in [9.17, 15) is 13.2 Å². The predicted octanol–water partition coefficient (Wildman–Crippen LogP) is 2.63. The standard InChI is InChI=1S/C8H14F3NS/c1-6(7-2-3-7)12-4-5-13-8(9,10)11/h6-7,12H,2-5H2,1H3. The van der Waals surface area contributed by atoms with Gasteiger partial charge in [-0.05, 0) is 37.4 Å². The van der Waals surface area contributed by atoms with E-state index >= 15 is 0 Å². The van der Waals surface area contributed by atoms with Crippen LogP contribution >= 0.6 is 11.8 Å². The Labute approximate surface area is 80.5 Å². The van der Waals surface area contributed by atoms with Gasteiger partial charge in [0.25, 0.3) is 0 Å². The molecule has 1 nitrogen and oxygen atoms in total. The maximum atomic E-state index is 11.7. The summed E-state index contributed by atoms with van der Waals surface area (Å²) < 4.78 is 35.1. The van der Waals surface area contributed by atoms with Crippen LogP contribution in [0.2, 0.25) is 0 Å². The van der Waals surface area contributed by atoms with Crippen molar-refractivity contribution in [1.82, 2.24) is 5.32 Å². The molecule has 1 aliphatic rings. The van der Waals surface area contributed by atoms with Crippen molar-refractivity contribution in [3.63, 3.8) is 0 Å². The second-order valence-corrected chi connectivity index (χ2v) is 4.53. The molecule has 5 heteroatoms. The first-order valence-corrected chi connectivity index (χ1v) is 5.41. The van der Waals surface area contributed by atoms with E-state index in [4.69, 9.17) is 0 Å². The van der Waals surface area contributed by atoms with E-state index in [1.807, 2.05) is 6.92 Å². The predicted molar refractivity (Wildman–Crippen MR) is 48.7 cm³/mol. The highest BCUT2D eigenvalue weighted by Crippen LogP contribution is 2.32. The number of hydrogen-bond donors (Lipinski definition) is 1. The minimum atomic E-state index is -4.08. The van der Waals surface area contributed by atoms with Crippen molar-refractivity contribution in [1.29, 1.82) is 0 Å². The zero-order valence-electron chi connectivity index (χ0n) is 7.53. The lowest BCUT2D eigenvalue weighted by atomic mass is 10.2. The fraction of sp³-hybridized carbons (Fsp3) is 1.00. The molecule has 13 heavy (non-hydrogen) atoms. The highest BCUT2D eigenvalue weighted by Gasteiger charge is 2.29. The third kappa shape index (κ3) is 5.41. The van der Waals surface area contributed by atoms with Crippen LogP contribution < -0.4 is 5.32 Å². The van der Waals surface area contributed by atoms with Gasteiger partial charge < -0.3 is 5.32 Å². The first-order chi connectivity index (χ1) is 5.99. The zero-order valence-corrected chi connectivity index (χ0v) is 8.34. The van der Waals surface area contributed by atoms with Gasteiger partial charge in [0.15, 0.2) is 0 Å². The van der Waals surface area contributed by atoms with Crippen LogP contribution in [0.15, 0.2) is 0 Å². The molecule has 0 aromatic heterocycles. The Hall–Kier alpha value is 0.100. The third-order valence-corrected chi connectivity index (χ3v) is 2.90. The minimum Gasteiger partial charge on any atom is -0.313 e. The van der Waals surface area contributed by atoms with Crippen molar-refractivity contribution in [2.24, 2.45) is 5.92 Å². The van der Waals surface area contributed by atoms with E-state index in [0.717, 1.165) is 0 Å². The molecule has 1 aliphatic carbocycles. The minimum absolute atomic E-state index is 0.0452. The van der Waals surface area contributed by atoms with E-state index in [-0.39, 0.29) is 17.5 Å². The van der Waals surface area contributed by atoms with Crippen molar-refractivity contribution < 1.29 is 13.2 Å². The Morgan fingerprint density at radius 2 is 2.08 bits per heavy atom. The Balaban J connectivity index is 1.94. The molecule has 0 saturated heterocycles. The van der Waals surface area contributed by atoms with Gasteiger partial charge in [0.1, 0.15) is 0 Å². The zero-order chi connectivity index (χ0) is 9.90. The molecular weight excluding hydrogens is 199 g/mol. The summed E-state index contributed by atoms with van der Waals surface area (Å²) in [5, 5.41) is 3.10. The molecule has 0 aliphatic heterocycles. The molecule has 0 spiro atoms. The van der Waals surface area contributed by atoms with Crippen LogP contribution in [-0.4, -0.2) is 23.8 Å². The van der Waals surface area contributed by atoms with E-state index in [2.05, 4.69) is 5.32 Å². The van der Waals surface area contributed by atoms with Gasteiger partial charge in [-0.15, -0.1) is 0 Å². The number of nitrogens with one attached hydrogen (secondary N) is 1. The molecule has 0 bridgehead atoms. The van der Waals surface area contributed by atoms with Gasteiger partial charge in [-0.25, -0.2) is 0 Å². The highest BCUT2D eigenvalue weighted by atomic mass is 32.2. The first kappa shape index (κ1) is 11.2. The second kappa shape index (κ2) is 4.55. The molecule has 1 unspecified atom stereocenters. The van der Waals surface area contributed by atoms with E-state index < -0.39 is 5.51 Å². The average Bonchev–Trinajstić information content (AvgIpc) is 2.77. The molecule has 1 saturated carbocycles. The normalized spacial score (nSPS) is 20.3. The molecule has 78 valence electrons. The molecule has 1 atom stereocenters. The summed E-state index contributed by atoms with van der Waals surface area (Å²) in [6.45, 7) is 2.48. The molecule has 1 N–H and O–H groups in total. The summed E-state index contributed by atoms with van der Waals surface area (Å²) in [4.78, 5) is 0. The Bertz CT molecular complexity index is 156. The second-order valence-electron chi connectivity index (χ2n) is 3.37. The number of rotatable bonds is 5. The average molecular weight is 213 g/mol. The molecule has 0 aromatic carbocycles. The Morgan fingerprint density at radius 3 is 2.54 bits per heavy atom. The molecule has 0 heterocycles. The van der Waals surface area contributed by atoms with Gasteiger partial charge in [0, 0.05) is 18.3 Å². The fourth-order valence-corrected chi connectivity index (χ4v) is 1.67. The van der Waals surface area contributed by atoms with Crippen molar-refractivity contribution in [3.05, 3.63) is 0 Å². The lowest BCUT2D eigenvalue weighted by molar-refractivity contribution is -0.0327. The summed E-state index contributed by atoms with van der Waals surface area (Å²) in [6, 6.07) is 0.383. The maximum Gasteiger partial charge on any atom is 0.441 e. The maximum absolute atomic E-state index is 11.7. The van der Waals surface area contributed by atoms with Crippen LogP contribution in [-0.2, 0) is 0 Å². The molecule has 0 aromatic rings. The number of halogens is 3. The highest BCUT2D eigenvalue weighted by molar-refractivity contribution is 8.00. The topological polar surface area (TPSA) is 12.0 Å². The Morgan fingerprint density at radius 1 is 1.46 bits per heavy atom. The number of alkyl halides is 3. The third-order valence-electron chi connectivity index (χ3n) is 2.16. The molecule has 1 fully saturated rings. The largest absolute Gasteiger partial charge is 0.441 e. The monoisotopic (exact) mass is 213 g/mol. The van der Waals surface area contributed by atoms with E-state index in [1.165, 1.54) is 12.8 Å².